The Morgan fingerprint density at radius 1 is 0.815 bits per heavy atom. The Morgan fingerprint density at radius 2 is 1.37 bits per heavy atom. The number of hydrogen-bond donors (Lipinski definition) is 0. The van der Waals surface area contributed by atoms with E-state index in [2.05, 4.69) is 0 Å². The van der Waals surface area contributed by atoms with E-state index >= 15 is 0 Å². The second-order valence-electron chi connectivity index (χ2n) is 5.25. The van der Waals surface area contributed by atoms with Gasteiger partial charge < -0.3 is 9.47 Å². The van der Waals surface area contributed by atoms with E-state index in [4.69, 9.17) is 44.3 Å². The van der Waals surface area contributed by atoms with Crippen molar-refractivity contribution in [2.75, 3.05) is 0 Å². The summed E-state index contributed by atoms with van der Waals surface area (Å²) in [7, 11) is 0. The maximum Gasteiger partial charge on any atom is 0.346 e. The van der Waals surface area contributed by atoms with Gasteiger partial charge in [0.1, 0.15) is 33.2 Å². The van der Waals surface area contributed by atoms with Gasteiger partial charge in [0.05, 0.1) is 10.6 Å². The lowest BCUT2D eigenvalue weighted by Gasteiger charge is -2.15. The van der Waals surface area contributed by atoms with Crippen molar-refractivity contribution >= 4 is 40.8 Å². The van der Waals surface area contributed by atoms with Gasteiger partial charge in [-0.25, -0.2) is 4.79 Å². The van der Waals surface area contributed by atoms with Gasteiger partial charge in [-0.1, -0.05) is 71.2 Å². The molecule has 0 spiro atoms. The lowest BCUT2D eigenvalue weighted by atomic mass is 10.1. The SMILES string of the molecule is N#Cc1c(Cl)c(Cl)c(Oc2ccccc2)c(Cl)c1C(=O)Oc1ccccc1. The van der Waals surface area contributed by atoms with Crippen LogP contribution in [0.2, 0.25) is 15.1 Å². The third-order valence-electron chi connectivity index (χ3n) is 3.51. The molecule has 0 N–H and O–H groups in total. The van der Waals surface area contributed by atoms with Crippen LogP contribution >= 0.6 is 34.8 Å². The van der Waals surface area contributed by atoms with Gasteiger partial charge in [0.25, 0.3) is 0 Å². The van der Waals surface area contributed by atoms with Gasteiger partial charge in [-0.3, -0.25) is 0 Å². The number of halogens is 3. The Balaban J connectivity index is 2.09. The summed E-state index contributed by atoms with van der Waals surface area (Å²) in [5, 5.41) is 9.07. The van der Waals surface area contributed by atoms with E-state index in [-0.39, 0.29) is 31.9 Å². The number of nitriles is 1. The first-order valence-corrected chi connectivity index (χ1v) is 8.77. The highest BCUT2D eigenvalue weighted by Gasteiger charge is 2.28. The van der Waals surface area contributed by atoms with Crippen molar-refractivity contribution in [1.82, 2.24) is 0 Å². The van der Waals surface area contributed by atoms with Gasteiger partial charge in [-0.2, -0.15) is 5.26 Å². The molecular weight excluding hydrogens is 409 g/mol. The lowest BCUT2D eigenvalue weighted by Crippen LogP contribution is -2.12. The Bertz CT molecular complexity index is 1030. The highest BCUT2D eigenvalue weighted by molar-refractivity contribution is 6.46. The maximum atomic E-state index is 12.7. The third-order valence-corrected chi connectivity index (χ3v) is 4.71. The number of hydrogen-bond acceptors (Lipinski definition) is 4. The minimum absolute atomic E-state index is 0.0338. The molecular formula is C20H10Cl3NO3. The van der Waals surface area contributed by atoms with Crippen molar-refractivity contribution in [3.8, 4) is 23.3 Å². The number of carbonyl (C=O) groups is 1. The van der Waals surface area contributed by atoms with Crippen LogP contribution in [0.1, 0.15) is 15.9 Å². The molecule has 0 aliphatic heterocycles. The van der Waals surface area contributed by atoms with Gasteiger partial charge in [-0.05, 0) is 24.3 Å². The van der Waals surface area contributed by atoms with Crippen molar-refractivity contribution in [1.29, 1.82) is 5.26 Å². The zero-order valence-corrected chi connectivity index (χ0v) is 15.8. The average molecular weight is 419 g/mol. The lowest BCUT2D eigenvalue weighted by molar-refractivity contribution is 0.0734. The Morgan fingerprint density at radius 3 is 1.93 bits per heavy atom. The van der Waals surface area contributed by atoms with Crippen molar-refractivity contribution in [2.24, 2.45) is 0 Å². The summed E-state index contributed by atoms with van der Waals surface area (Å²) in [5.41, 5.74) is -0.406. The number of ether oxygens (including phenoxy) is 2. The molecule has 0 fully saturated rings. The first-order valence-electron chi connectivity index (χ1n) is 7.63. The highest BCUT2D eigenvalue weighted by atomic mass is 35.5. The van der Waals surface area contributed by atoms with E-state index in [0.717, 1.165) is 0 Å². The molecule has 0 atom stereocenters. The third kappa shape index (κ3) is 4.01. The monoisotopic (exact) mass is 417 g/mol. The quantitative estimate of drug-likeness (QED) is 0.274. The zero-order valence-electron chi connectivity index (χ0n) is 13.6. The molecule has 0 radical (unpaired) electrons. The van der Waals surface area contributed by atoms with Gasteiger partial charge >= 0.3 is 5.97 Å². The molecule has 0 aliphatic carbocycles. The van der Waals surface area contributed by atoms with Crippen LogP contribution < -0.4 is 9.47 Å². The van der Waals surface area contributed by atoms with Crippen LogP contribution in [0.25, 0.3) is 0 Å². The zero-order chi connectivity index (χ0) is 19.4. The van der Waals surface area contributed by atoms with E-state index in [0.29, 0.717) is 11.5 Å². The van der Waals surface area contributed by atoms with E-state index in [1.54, 1.807) is 54.6 Å². The molecule has 0 amide bonds. The molecule has 3 aromatic rings. The summed E-state index contributed by atoms with van der Waals surface area (Å²) >= 11 is 18.8. The van der Waals surface area contributed by atoms with Crippen molar-refractivity contribution in [3.63, 3.8) is 0 Å². The number of para-hydroxylation sites is 2. The molecule has 134 valence electrons. The largest absolute Gasteiger partial charge is 0.454 e. The number of esters is 1. The number of carbonyl (C=O) groups excluding carboxylic acids is 1. The van der Waals surface area contributed by atoms with Crippen molar-refractivity contribution in [3.05, 3.63) is 86.9 Å². The minimum Gasteiger partial charge on any atom is -0.454 e. The van der Waals surface area contributed by atoms with Crippen LogP contribution in [0, 0.1) is 11.3 Å². The first kappa shape index (κ1) is 19.1. The molecule has 0 aromatic heterocycles. The fourth-order valence-electron chi connectivity index (χ4n) is 2.28. The van der Waals surface area contributed by atoms with Gasteiger partial charge in [-0.15, -0.1) is 0 Å². The number of rotatable bonds is 4. The van der Waals surface area contributed by atoms with Gasteiger partial charge in [0.2, 0.25) is 0 Å². The molecule has 3 rings (SSSR count). The summed E-state index contributed by atoms with van der Waals surface area (Å²) < 4.78 is 11.0. The van der Waals surface area contributed by atoms with E-state index in [1.165, 1.54) is 0 Å². The molecule has 0 heterocycles. The van der Waals surface area contributed by atoms with Crippen LogP contribution in [-0.2, 0) is 0 Å². The first-order chi connectivity index (χ1) is 13.0. The van der Waals surface area contributed by atoms with Crippen LogP contribution in [0.15, 0.2) is 60.7 Å². The smallest absolute Gasteiger partial charge is 0.346 e. The molecule has 0 bridgehead atoms. The Labute approximate surface area is 170 Å². The summed E-state index contributed by atoms with van der Waals surface area (Å²) in [5.74, 6) is -0.156. The normalized spacial score (nSPS) is 10.1. The second kappa shape index (κ2) is 8.32. The fourth-order valence-corrected chi connectivity index (χ4v) is 3.08. The summed E-state index contributed by atoms with van der Waals surface area (Å²) in [6.45, 7) is 0. The molecule has 27 heavy (non-hydrogen) atoms. The summed E-state index contributed by atoms with van der Waals surface area (Å²) in [6.07, 6.45) is 0. The Hall–Kier alpha value is -2.71. The van der Waals surface area contributed by atoms with Crippen LogP contribution in [0.3, 0.4) is 0 Å². The highest BCUT2D eigenvalue weighted by Crippen LogP contribution is 2.45. The van der Waals surface area contributed by atoms with Gasteiger partial charge in [0.15, 0.2) is 5.75 Å². The number of nitrogens with zero attached hydrogens (tertiary/aromatic N) is 1. The van der Waals surface area contributed by atoms with Crippen molar-refractivity contribution in [2.45, 2.75) is 0 Å². The topological polar surface area (TPSA) is 59.3 Å². The predicted molar refractivity (Wildman–Crippen MR) is 104 cm³/mol. The molecule has 0 saturated carbocycles. The molecule has 0 unspecified atom stereocenters. The molecule has 4 nitrogen and oxygen atoms in total. The average Bonchev–Trinajstić information content (AvgIpc) is 2.69. The Kier molecular flexibility index (Phi) is 5.88. The maximum absolute atomic E-state index is 12.7. The predicted octanol–water partition coefficient (Wildman–Crippen LogP) is 6.53. The molecule has 0 aliphatic rings. The second-order valence-corrected chi connectivity index (χ2v) is 6.38. The van der Waals surface area contributed by atoms with Crippen LogP contribution in [0.5, 0.6) is 17.2 Å². The van der Waals surface area contributed by atoms with Crippen molar-refractivity contribution < 1.29 is 14.3 Å². The summed E-state index contributed by atoms with van der Waals surface area (Å²) in [6, 6.07) is 18.9. The minimum atomic E-state index is -0.848. The number of benzene rings is 3. The molecule has 7 heteroatoms. The van der Waals surface area contributed by atoms with Gasteiger partial charge in [0, 0.05) is 0 Å². The van der Waals surface area contributed by atoms with E-state index in [9.17, 15) is 10.1 Å². The molecule has 3 aromatic carbocycles. The molecule has 0 saturated heterocycles. The fraction of sp³-hybridized carbons (Fsp3) is 0. The van der Waals surface area contributed by atoms with Crippen LogP contribution in [-0.4, -0.2) is 5.97 Å². The van der Waals surface area contributed by atoms with E-state index in [1.807, 2.05) is 12.1 Å². The van der Waals surface area contributed by atoms with Crippen LogP contribution in [0.4, 0.5) is 0 Å². The summed E-state index contributed by atoms with van der Waals surface area (Å²) in [4.78, 5) is 12.7. The van der Waals surface area contributed by atoms with E-state index < -0.39 is 5.97 Å². The standard InChI is InChI=1S/C20H10Cl3NO3/c21-16-14(11-24)15(20(25)27-13-9-5-2-6-10-13)17(22)19(18(16)23)26-12-7-3-1-4-8-12/h1-10H.